The molecule has 1 aliphatic rings. The Morgan fingerprint density at radius 3 is 2.62 bits per heavy atom. The van der Waals surface area contributed by atoms with E-state index in [4.69, 9.17) is 23.2 Å². The number of anilines is 1. The summed E-state index contributed by atoms with van der Waals surface area (Å²) < 4.78 is 0. The Hall–Kier alpha value is -1.16. The van der Waals surface area contributed by atoms with Crippen LogP contribution >= 0.6 is 35.0 Å². The van der Waals surface area contributed by atoms with Crippen LogP contribution in [-0.4, -0.2) is 12.8 Å². The van der Waals surface area contributed by atoms with Gasteiger partial charge in [-0.25, -0.2) is 0 Å². The van der Waals surface area contributed by atoms with Crippen LogP contribution in [-0.2, 0) is 6.42 Å². The van der Waals surface area contributed by atoms with E-state index in [9.17, 15) is 4.79 Å². The van der Waals surface area contributed by atoms with E-state index in [0.717, 1.165) is 33.0 Å². The Morgan fingerprint density at radius 2 is 1.90 bits per heavy atom. The third-order valence-corrected chi connectivity index (χ3v) is 5.30. The average Bonchev–Trinajstić information content (AvgIpc) is 2.82. The lowest BCUT2D eigenvalue weighted by Crippen LogP contribution is -1.96. The largest absolute Gasteiger partial charge is 0.387 e. The Balaban J connectivity index is 2.01. The lowest BCUT2D eigenvalue weighted by Gasteiger charge is -2.12. The molecule has 0 spiro atoms. The zero-order valence-electron chi connectivity index (χ0n) is 11.4. The van der Waals surface area contributed by atoms with Crippen molar-refractivity contribution in [2.75, 3.05) is 12.4 Å². The van der Waals surface area contributed by atoms with E-state index in [1.54, 1.807) is 6.07 Å². The van der Waals surface area contributed by atoms with E-state index >= 15 is 0 Å². The van der Waals surface area contributed by atoms with Gasteiger partial charge >= 0.3 is 0 Å². The first kappa shape index (κ1) is 14.8. The molecule has 0 fully saturated rings. The molecule has 0 saturated heterocycles. The minimum Gasteiger partial charge on any atom is -0.387 e. The van der Waals surface area contributed by atoms with Crippen molar-refractivity contribution < 1.29 is 4.79 Å². The fourth-order valence-electron chi connectivity index (χ4n) is 2.43. The zero-order valence-corrected chi connectivity index (χ0v) is 13.7. The molecule has 0 bridgehead atoms. The quantitative estimate of drug-likeness (QED) is 0.822. The number of halogens is 2. The van der Waals surface area contributed by atoms with Crippen LogP contribution in [0.1, 0.15) is 22.3 Å². The van der Waals surface area contributed by atoms with E-state index in [-0.39, 0.29) is 5.78 Å². The summed E-state index contributed by atoms with van der Waals surface area (Å²) in [5.74, 6) is 0.219. The number of ketones is 1. The number of hydrogen-bond donors (Lipinski definition) is 1. The van der Waals surface area contributed by atoms with Crippen LogP contribution in [0.25, 0.3) is 0 Å². The summed E-state index contributed by atoms with van der Waals surface area (Å²) in [5.41, 5.74) is 2.97. The molecule has 0 aromatic heterocycles. The summed E-state index contributed by atoms with van der Waals surface area (Å²) in [6.45, 7) is 0. The molecule has 108 valence electrons. The first-order valence-electron chi connectivity index (χ1n) is 6.59. The van der Waals surface area contributed by atoms with Gasteiger partial charge < -0.3 is 5.32 Å². The second kappa shape index (κ2) is 5.91. The monoisotopic (exact) mass is 337 g/mol. The second-order valence-corrected chi connectivity index (χ2v) is 6.78. The maximum atomic E-state index is 11.9. The standard InChI is InChI=1S/C16H13Cl2NOS/c1-19-13-6-9-2-4-14(20)11(9)8-16(13)21-15-5-3-10(17)7-12(15)18/h3,5-8,19H,2,4H2,1H3. The molecule has 0 unspecified atom stereocenters. The van der Waals surface area contributed by atoms with Gasteiger partial charge in [-0.05, 0) is 42.3 Å². The second-order valence-electron chi connectivity index (χ2n) is 4.86. The van der Waals surface area contributed by atoms with Gasteiger partial charge in [-0.2, -0.15) is 0 Å². The van der Waals surface area contributed by atoms with Crippen LogP contribution in [0, 0.1) is 0 Å². The Labute approximate surface area is 137 Å². The van der Waals surface area contributed by atoms with E-state index in [0.29, 0.717) is 16.5 Å². The summed E-state index contributed by atoms with van der Waals surface area (Å²) in [4.78, 5) is 13.8. The van der Waals surface area contributed by atoms with Crippen molar-refractivity contribution in [3.63, 3.8) is 0 Å². The molecule has 2 aromatic rings. The van der Waals surface area contributed by atoms with Crippen LogP contribution in [0.2, 0.25) is 10.0 Å². The molecule has 0 radical (unpaired) electrons. The molecule has 21 heavy (non-hydrogen) atoms. The van der Waals surface area contributed by atoms with Crippen molar-refractivity contribution in [1.82, 2.24) is 0 Å². The lowest BCUT2D eigenvalue weighted by atomic mass is 10.1. The fourth-order valence-corrected chi connectivity index (χ4v) is 3.93. The summed E-state index contributed by atoms with van der Waals surface area (Å²) >= 11 is 13.7. The zero-order chi connectivity index (χ0) is 15.0. The Kier molecular flexibility index (Phi) is 4.16. The molecule has 0 heterocycles. The highest BCUT2D eigenvalue weighted by molar-refractivity contribution is 7.99. The third kappa shape index (κ3) is 2.91. The van der Waals surface area contributed by atoms with Crippen LogP contribution in [0.3, 0.4) is 0 Å². The number of carbonyl (C=O) groups excluding carboxylic acids is 1. The fraction of sp³-hybridized carbons (Fsp3) is 0.188. The van der Waals surface area contributed by atoms with Crippen LogP contribution in [0.5, 0.6) is 0 Å². The topological polar surface area (TPSA) is 29.1 Å². The van der Waals surface area contributed by atoms with Crippen molar-refractivity contribution in [2.24, 2.45) is 0 Å². The number of Topliss-reactive ketones (excluding diaryl/α,β-unsaturated/α-hetero) is 1. The van der Waals surface area contributed by atoms with Crippen LogP contribution in [0.4, 0.5) is 5.69 Å². The molecule has 1 N–H and O–H groups in total. The smallest absolute Gasteiger partial charge is 0.163 e. The number of carbonyl (C=O) groups is 1. The molecule has 0 saturated carbocycles. The van der Waals surface area contributed by atoms with Crippen LogP contribution in [0.15, 0.2) is 40.1 Å². The van der Waals surface area contributed by atoms with Gasteiger partial charge in [0, 0.05) is 39.5 Å². The normalized spacial score (nSPS) is 13.4. The van der Waals surface area contributed by atoms with Crippen molar-refractivity contribution in [3.8, 4) is 0 Å². The van der Waals surface area contributed by atoms with Gasteiger partial charge in [0.15, 0.2) is 5.78 Å². The minimum absolute atomic E-state index is 0.219. The van der Waals surface area contributed by atoms with Gasteiger partial charge in [-0.15, -0.1) is 0 Å². The molecule has 2 aromatic carbocycles. The average molecular weight is 338 g/mol. The van der Waals surface area contributed by atoms with Crippen molar-refractivity contribution in [1.29, 1.82) is 0 Å². The number of nitrogens with one attached hydrogen (secondary N) is 1. The van der Waals surface area contributed by atoms with Crippen molar-refractivity contribution >= 4 is 46.4 Å². The molecule has 0 aliphatic heterocycles. The number of benzene rings is 2. The highest BCUT2D eigenvalue weighted by atomic mass is 35.5. The highest BCUT2D eigenvalue weighted by Crippen LogP contribution is 2.40. The molecule has 1 aliphatic carbocycles. The van der Waals surface area contributed by atoms with Crippen molar-refractivity contribution in [2.45, 2.75) is 22.6 Å². The summed E-state index contributed by atoms with van der Waals surface area (Å²) in [6.07, 6.45) is 1.43. The number of aryl methyl sites for hydroxylation is 1. The van der Waals surface area contributed by atoms with Gasteiger partial charge in [0.1, 0.15) is 0 Å². The Bertz CT molecular complexity index is 730. The molecular weight excluding hydrogens is 325 g/mol. The van der Waals surface area contributed by atoms with Gasteiger partial charge in [0.25, 0.3) is 0 Å². The Morgan fingerprint density at radius 1 is 1.10 bits per heavy atom. The maximum absolute atomic E-state index is 11.9. The molecule has 2 nitrogen and oxygen atoms in total. The first-order valence-corrected chi connectivity index (χ1v) is 8.16. The van der Waals surface area contributed by atoms with Gasteiger partial charge in [-0.1, -0.05) is 35.0 Å². The molecule has 0 atom stereocenters. The molecule has 0 amide bonds. The van der Waals surface area contributed by atoms with Gasteiger partial charge in [0.05, 0.1) is 5.02 Å². The molecular formula is C16H13Cl2NOS. The van der Waals surface area contributed by atoms with Gasteiger partial charge in [0.2, 0.25) is 0 Å². The SMILES string of the molecule is CNc1cc2c(cc1Sc1ccc(Cl)cc1Cl)C(=O)CC2. The molecule has 5 heteroatoms. The first-order chi connectivity index (χ1) is 10.1. The van der Waals surface area contributed by atoms with E-state index < -0.39 is 0 Å². The van der Waals surface area contributed by atoms with Crippen molar-refractivity contribution in [3.05, 3.63) is 51.5 Å². The van der Waals surface area contributed by atoms with E-state index in [2.05, 4.69) is 11.4 Å². The van der Waals surface area contributed by atoms with E-state index in [1.165, 1.54) is 11.8 Å². The lowest BCUT2D eigenvalue weighted by molar-refractivity contribution is 0.0994. The number of rotatable bonds is 3. The minimum atomic E-state index is 0.219. The summed E-state index contributed by atoms with van der Waals surface area (Å²) in [7, 11) is 1.88. The summed E-state index contributed by atoms with van der Waals surface area (Å²) in [6, 6.07) is 9.46. The number of fused-ring (bicyclic) bond motifs is 1. The predicted molar refractivity (Wildman–Crippen MR) is 89.2 cm³/mol. The summed E-state index contributed by atoms with van der Waals surface area (Å²) in [5, 5.41) is 4.42. The number of hydrogen-bond acceptors (Lipinski definition) is 3. The predicted octanol–water partition coefficient (Wildman–Crippen LogP) is 5.32. The maximum Gasteiger partial charge on any atom is 0.163 e. The van der Waals surface area contributed by atoms with Gasteiger partial charge in [-0.3, -0.25) is 4.79 Å². The third-order valence-electron chi connectivity index (χ3n) is 3.51. The highest BCUT2D eigenvalue weighted by Gasteiger charge is 2.22. The van der Waals surface area contributed by atoms with E-state index in [1.807, 2.05) is 25.2 Å². The molecule has 3 rings (SSSR count). The van der Waals surface area contributed by atoms with Crippen LogP contribution < -0.4 is 5.32 Å².